The second-order valence-corrected chi connectivity index (χ2v) is 25.0. The number of methoxy groups -OCH3 is 1. The lowest BCUT2D eigenvalue weighted by Gasteiger charge is -2.41. The number of aliphatic carboxylic acids is 1. The molecule has 3 aliphatic rings. The van der Waals surface area contributed by atoms with E-state index in [9.17, 15) is 78.6 Å². The minimum absolute atomic E-state index is 0.0722. The molecular weight excluding hydrogens is 1200 g/mol. The van der Waals surface area contributed by atoms with Gasteiger partial charge >= 0.3 is 12.1 Å². The number of rotatable bonds is 34. The number of ketones is 2. The van der Waals surface area contributed by atoms with E-state index in [1.807, 2.05) is 32.0 Å². The molecule has 27 heteroatoms. The Bertz CT molecular complexity index is 2910. The van der Waals surface area contributed by atoms with Gasteiger partial charge in [-0.3, -0.25) is 43.3 Å². The van der Waals surface area contributed by atoms with Crippen LogP contribution in [0.1, 0.15) is 118 Å². The predicted octanol–water partition coefficient (Wildman–Crippen LogP) is 2.32. The van der Waals surface area contributed by atoms with Crippen molar-refractivity contribution in [1.29, 1.82) is 0 Å². The summed E-state index contributed by atoms with van der Waals surface area (Å²) in [6, 6.07) is 9.39. The van der Waals surface area contributed by atoms with E-state index < -0.39 is 164 Å². The first kappa shape index (κ1) is 75.5. The number of hydrogen-bond donors (Lipinski definition) is 9. The average molecular weight is 1290 g/mol. The van der Waals surface area contributed by atoms with Gasteiger partial charge in [0, 0.05) is 103 Å². The topological polar surface area (TPSA) is 392 Å². The molecule has 2 aromatic rings. The number of likely N-dealkylation sites (tertiary alicyclic amines) is 1. The van der Waals surface area contributed by atoms with Gasteiger partial charge in [-0.25, -0.2) is 9.59 Å². The van der Waals surface area contributed by atoms with Gasteiger partial charge in [-0.1, -0.05) is 98.2 Å². The molecule has 2 aromatic carbocycles. The quantitative estimate of drug-likeness (QED) is 0.0454. The van der Waals surface area contributed by atoms with Gasteiger partial charge in [0.25, 0.3) is 11.8 Å². The molecule has 2 fully saturated rings. The maximum atomic E-state index is 14.9. The maximum absolute atomic E-state index is 14.9. The van der Waals surface area contributed by atoms with Crippen LogP contribution in [0.5, 0.6) is 5.75 Å². The molecule has 510 valence electrons. The van der Waals surface area contributed by atoms with Gasteiger partial charge in [0.15, 0.2) is 11.9 Å². The number of aliphatic hydroxyl groups is 5. The number of aliphatic hydroxyl groups excluding tert-OH is 5. The number of ether oxygens (including phenoxy) is 4. The molecule has 3 heterocycles. The number of carbonyl (C=O) groups excluding carboxylic acids is 9. The van der Waals surface area contributed by atoms with Crippen LogP contribution in [0.3, 0.4) is 0 Å². The molecule has 16 atom stereocenters. The van der Waals surface area contributed by atoms with Crippen LogP contribution in [0.25, 0.3) is 0 Å². The minimum atomic E-state index is -2.05. The zero-order valence-corrected chi connectivity index (χ0v) is 54.4. The molecule has 3 aliphatic heterocycles. The average Bonchev–Trinajstić information content (AvgIpc) is 0.878. The van der Waals surface area contributed by atoms with Crippen LogP contribution in [-0.4, -0.2) is 218 Å². The first-order chi connectivity index (χ1) is 43.4. The van der Waals surface area contributed by atoms with Gasteiger partial charge in [0.05, 0.1) is 36.4 Å². The lowest BCUT2D eigenvalue weighted by atomic mass is 9.80. The zero-order valence-electron chi connectivity index (χ0n) is 54.4. The highest BCUT2D eigenvalue weighted by Crippen LogP contribution is 2.36. The second kappa shape index (κ2) is 34.6. The number of benzene rings is 2. The van der Waals surface area contributed by atoms with E-state index in [-0.39, 0.29) is 72.9 Å². The molecule has 0 aliphatic carbocycles. The fourth-order valence-electron chi connectivity index (χ4n) is 12.4. The highest BCUT2D eigenvalue weighted by atomic mass is 16.7. The summed E-state index contributed by atoms with van der Waals surface area (Å²) in [5.74, 6) is -9.89. The third-order valence-electron chi connectivity index (χ3n) is 18.0. The fraction of sp³-hybridized carbons (Fsp3) is 0.631. The monoisotopic (exact) mass is 1290 g/mol. The number of Topliss-reactive ketones (excluding diaryl/α,β-unsaturated/α-hetero) is 2. The summed E-state index contributed by atoms with van der Waals surface area (Å²) < 4.78 is 22.8. The molecule has 0 spiro atoms. The van der Waals surface area contributed by atoms with E-state index in [1.54, 1.807) is 70.5 Å². The first-order valence-corrected chi connectivity index (χ1v) is 31.4. The van der Waals surface area contributed by atoms with Crippen LogP contribution < -0.4 is 21.1 Å². The molecule has 0 unspecified atom stereocenters. The Morgan fingerprint density at radius 2 is 1.48 bits per heavy atom. The van der Waals surface area contributed by atoms with Crippen LogP contribution >= 0.6 is 0 Å². The molecule has 2 saturated heterocycles. The molecule has 27 nitrogen and oxygen atoms in total. The number of carbonyl (C=O) groups is 10. The predicted molar refractivity (Wildman–Crippen MR) is 332 cm³/mol. The fourth-order valence-corrected chi connectivity index (χ4v) is 12.4. The van der Waals surface area contributed by atoms with Crippen molar-refractivity contribution in [2.24, 2.45) is 47.2 Å². The van der Waals surface area contributed by atoms with Crippen molar-refractivity contribution in [3.8, 4) is 5.75 Å². The summed E-state index contributed by atoms with van der Waals surface area (Å²) in [5.41, 5.74) is 6.43. The summed E-state index contributed by atoms with van der Waals surface area (Å²) in [7, 11) is 4.46. The highest BCUT2D eigenvalue weighted by molar-refractivity contribution is 6.15. The van der Waals surface area contributed by atoms with Crippen LogP contribution in [0.2, 0.25) is 0 Å². The van der Waals surface area contributed by atoms with Gasteiger partial charge in [0.1, 0.15) is 42.5 Å². The highest BCUT2D eigenvalue weighted by Gasteiger charge is 2.49. The number of nitrogens with one attached hydrogen (secondary N) is 2. The lowest BCUT2D eigenvalue weighted by Crippen LogP contribution is -2.61. The summed E-state index contributed by atoms with van der Waals surface area (Å²) in [5, 5.41) is 67.9. The van der Waals surface area contributed by atoms with Crippen LogP contribution in [0.15, 0.2) is 60.7 Å². The number of amides is 7. The zero-order chi connectivity index (χ0) is 68.6. The molecule has 92 heavy (non-hydrogen) atoms. The van der Waals surface area contributed by atoms with Crippen molar-refractivity contribution in [2.45, 2.75) is 174 Å². The van der Waals surface area contributed by atoms with E-state index in [0.29, 0.717) is 36.3 Å². The van der Waals surface area contributed by atoms with Crippen LogP contribution in [-0.2, 0) is 64.0 Å². The minimum Gasteiger partial charge on any atom is -0.479 e. The van der Waals surface area contributed by atoms with Crippen molar-refractivity contribution < 1.29 is 97.5 Å². The van der Waals surface area contributed by atoms with Crippen molar-refractivity contribution in [1.82, 2.24) is 24.9 Å². The number of anilines is 1. The standard InChI is InChI=1S/C65H95N7O20/c1-12-36(6)55(49(89-11)30-53(79)71-26-16-19-44(71)42(32-73)38(8)46(74)27-37(7)56(80)40-17-14-13-15-18-40)69(9)62(85)41(34(2)3)29-47(75)54(35(4)5)70(10)65(88)90-33-39-20-21-48(91-64-59(83)57(81)58(82)60(92-64)63(86)87)43(28-39)68-50(76)24-25-67-61(84)45(31-66)72-51(77)22-23-52(72)78/h13-15,17-18,20-23,28,34-38,41-42,44-45,49,54-60,64,73,80-83H,12,16,19,24-27,29-33,66H2,1-11H3,(H,67,84)(H,68,76)(H,86,87)/t36-,37-,38+,41-,42+,44-,45-,49+,54-,55-,56+,57-,58-,59+,60-,64+/m0/s1. The number of nitrogens with zero attached hydrogens (tertiary/aromatic N) is 4. The first-order valence-electron chi connectivity index (χ1n) is 31.4. The second-order valence-electron chi connectivity index (χ2n) is 25.0. The van der Waals surface area contributed by atoms with E-state index in [0.717, 1.165) is 17.1 Å². The molecule has 0 bridgehead atoms. The van der Waals surface area contributed by atoms with E-state index in [4.69, 9.17) is 24.7 Å². The Balaban J connectivity index is 1.28. The Kier molecular flexibility index (Phi) is 28.4. The van der Waals surface area contributed by atoms with Gasteiger partial charge in [-0.2, -0.15) is 0 Å². The summed E-state index contributed by atoms with van der Waals surface area (Å²) in [4.78, 5) is 140. The largest absolute Gasteiger partial charge is 0.479 e. The number of likely N-dealkylation sites (N-methyl/N-ethyl adjacent to an activating group) is 2. The van der Waals surface area contributed by atoms with Crippen molar-refractivity contribution >= 4 is 64.8 Å². The lowest BCUT2D eigenvalue weighted by molar-refractivity contribution is -0.271. The molecule has 7 amide bonds. The summed E-state index contributed by atoms with van der Waals surface area (Å²) in [6.07, 6.45) is -9.71. The molecule has 0 saturated carbocycles. The normalized spacial score (nSPS) is 22.3. The number of carboxylic acid groups (broad SMARTS) is 1. The summed E-state index contributed by atoms with van der Waals surface area (Å²) in [6.45, 7) is 13.3. The molecule has 10 N–H and O–H groups in total. The third kappa shape index (κ3) is 18.8. The van der Waals surface area contributed by atoms with Gasteiger partial charge in [-0.15, -0.1) is 0 Å². The van der Waals surface area contributed by atoms with E-state index >= 15 is 0 Å². The van der Waals surface area contributed by atoms with E-state index in [2.05, 4.69) is 10.6 Å². The van der Waals surface area contributed by atoms with Crippen molar-refractivity contribution in [3.05, 3.63) is 71.8 Å². The van der Waals surface area contributed by atoms with Crippen molar-refractivity contribution in [3.63, 3.8) is 0 Å². The number of hydrogen-bond acceptors (Lipinski definition) is 20. The number of imide groups is 1. The van der Waals surface area contributed by atoms with Crippen molar-refractivity contribution in [2.75, 3.05) is 52.8 Å². The third-order valence-corrected chi connectivity index (χ3v) is 18.0. The number of carboxylic acids is 1. The van der Waals surface area contributed by atoms with Gasteiger partial charge < -0.3 is 80.7 Å². The molecular formula is C65H95N7O20. The van der Waals surface area contributed by atoms with E-state index in [1.165, 1.54) is 32.4 Å². The van der Waals surface area contributed by atoms with Crippen LogP contribution in [0.4, 0.5) is 10.5 Å². The Labute approximate surface area is 536 Å². The smallest absolute Gasteiger partial charge is 0.410 e. The van der Waals surface area contributed by atoms with Gasteiger partial charge in [0.2, 0.25) is 29.9 Å². The Morgan fingerprint density at radius 1 is 0.826 bits per heavy atom. The molecule has 5 rings (SSSR count). The summed E-state index contributed by atoms with van der Waals surface area (Å²) >= 11 is 0. The molecule has 0 radical (unpaired) electrons. The van der Waals surface area contributed by atoms with Gasteiger partial charge in [-0.05, 0) is 59.8 Å². The maximum Gasteiger partial charge on any atom is 0.410 e. The Morgan fingerprint density at radius 3 is 2.05 bits per heavy atom. The number of nitrogens with two attached hydrogens (primary N) is 1. The SMILES string of the molecule is CC[C@H](C)[C@@H]([C@@H](CC(=O)N1CCC[C@H]1[C@H](CO)[C@@H](C)C(=O)C[C@H](C)[C@@H](O)c1ccccc1)OC)N(C)C(=O)[C@@H](CC(=O)[C@H](C(C)C)N(C)C(=O)OCc1ccc(O[C@@H]2O[C@H](C(=O)O)[C@@H](O)[C@H](O)[C@H]2O)c(NC(=O)CCNC(=O)[C@H](CN)N2C(=O)C=CC2=O)c1)C(C)C. The Hall–Kier alpha value is -7.24. The molecule has 0 aromatic heterocycles. The van der Waals surface area contributed by atoms with Crippen LogP contribution in [0, 0.1) is 41.4 Å².